The second-order valence-corrected chi connectivity index (χ2v) is 8.14. The summed E-state index contributed by atoms with van der Waals surface area (Å²) in [7, 11) is 0. The van der Waals surface area contributed by atoms with Crippen LogP contribution in [-0.4, -0.2) is 58.9 Å². The van der Waals surface area contributed by atoms with Gasteiger partial charge in [0, 0.05) is 50.5 Å². The van der Waals surface area contributed by atoms with Crippen LogP contribution < -0.4 is 10.2 Å². The summed E-state index contributed by atoms with van der Waals surface area (Å²) in [4.78, 5) is 37.8. The first-order valence-electron chi connectivity index (χ1n) is 10.8. The van der Waals surface area contributed by atoms with Crippen molar-refractivity contribution < 1.29 is 9.59 Å². The van der Waals surface area contributed by atoms with Crippen LogP contribution in [0.25, 0.3) is 0 Å². The summed E-state index contributed by atoms with van der Waals surface area (Å²) in [6, 6.07) is 8.51. The van der Waals surface area contributed by atoms with E-state index in [0.29, 0.717) is 18.7 Å². The van der Waals surface area contributed by atoms with Crippen LogP contribution in [0.2, 0.25) is 0 Å². The SMILES string of the molecule is Cc1cnc(C(=O)NC2CCCN(C(=O)CCN3CCc4ccccc43)CC2)cn1. The highest BCUT2D eigenvalue weighted by Gasteiger charge is 2.24. The largest absolute Gasteiger partial charge is 0.370 e. The van der Waals surface area contributed by atoms with E-state index in [1.54, 1.807) is 6.20 Å². The molecule has 0 spiro atoms. The molecular weight excluding hydrogens is 378 g/mol. The standard InChI is InChI=1S/C23H29N5O2/c1-17-15-25-20(16-24-17)23(30)26-19-6-4-11-28(13-9-19)22(29)10-14-27-12-8-18-5-2-3-7-21(18)27/h2-3,5,7,15-16,19H,4,6,8-14H2,1H3,(H,26,30). The predicted molar refractivity (Wildman–Crippen MR) is 115 cm³/mol. The first kappa shape index (κ1) is 20.3. The Balaban J connectivity index is 1.25. The van der Waals surface area contributed by atoms with Crippen molar-refractivity contribution >= 4 is 17.5 Å². The molecule has 4 rings (SSSR count). The molecule has 7 nitrogen and oxygen atoms in total. The van der Waals surface area contributed by atoms with Gasteiger partial charge in [-0.2, -0.15) is 0 Å². The second kappa shape index (κ2) is 9.24. The normalized spacial score (nSPS) is 18.6. The minimum absolute atomic E-state index is 0.0591. The molecule has 2 aliphatic heterocycles. The summed E-state index contributed by atoms with van der Waals surface area (Å²) in [6.45, 7) is 5.03. The van der Waals surface area contributed by atoms with Crippen molar-refractivity contribution in [2.45, 2.75) is 45.1 Å². The molecular formula is C23H29N5O2. The molecule has 0 aliphatic carbocycles. The molecule has 0 radical (unpaired) electrons. The lowest BCUT2D eigenvalue weighted by atomic mass is 10.1. The van der Waals surface area contributed by atoms with E-state index >= 15 is 0 Å². The van der Waals surface area contributed by atoms with Gasteiger partial charge in [0.15, 0.2) is 0 Å². The summed E-state index contributed by atoms with van der Waals surface area (Å²) in [5, 5.41) is 3.05. The van der Waals surface area contributed by atoms with Crippen molar-refractivity contribution in [3.05, 3.63) is 53.6 Å². The molecule has 1 unspecified atom stereocenters. The number of hydrogen-bond donors (Lipinski definition) is 1. The van der Waals surface area contributed by atoms with E-state index in [-0.39, 0.29) is 17.9 Å². The first-order valence-corrected chi connectivity index (χ1v) is 10.8. The smallest absolute Gasteiger partial charge is 0.271 e. The number of para-hydroxylation sites is 1. The molecule has 158 valence electrons. The number of carbonyl (C=O) groups excluding carboxylic acids is 2. The van der Waals surface area contributed by atoms with Gasteiger partial charge in [-0.15, -0.1) is 0 Å². The zero-order chi connectivity index (χ0) is 20.9. The summed E-state index contributed by atoms with van der Waals surface area (Å²) in [6.07, 6.45) is 7.22. The highest BCUT2D eigenvalue weighted by atomic mass is 16.2. The number of amides is 2. The zero-order valence-electron chi connectivity index (χ0n) is 17.5. The molecule has 1 N–H and O–H groups in total. The Hall–Kier alpha value is -2.96. The fourth-order valence-electron chi connectivity index (χ4n) is 4.29. The molecule has 1 aromatic carbocycles. The van der Waals surface area contributed by atoms with Gasteiger partial charge in [-0.1, -0.05) is 18.2 Å². The monoisotopic (exact) mass is 407 g/mol. The van der Waals surface area contributed by atoms with Crippen LogP contribution in [0, 0.1) is 6.92 Å². The third kappa shape index (κ3) is 4.78. The quantitative estimate of drug-likeness (QED) is 0.823. The Morgan fingerprint density at radius 2 is 1.97 bits per heavy atom. The molecule has 2 aromatic rings. The van der Waals surface area contributed by atoms with Crippen LogP contribution in [0.4, 0.5) is 5.69 Å². The lowest BCUT2D eigenvalue weighted by Gasteiger charge is -2.24. The maximum atomic E-state index is 12.8. The van der Waals surface area contributed by atoms with Gasteiger partial charge >= 0.3 is 0 Å². The van der Waals surface area contributed by atoms with Gasteiger partial charge in [-0.05, 0) is 44.2 Å². The molecule has 0 saturated carbocycles. The Bertz CT molecular complexity index is 899. The van der Waals surface area contributed by atoms with E-state index in [9.17, 15) is 9.59 Å². The van der Waals surface area contributed by atoms with Crippen molar-refractivity contribution in [1.82, 2.24) is 20.2 Å². The molecule has 1 atom stereocenters. The lowest BCUT2D eigenvalue weighted by molar-refractivity contribution is -0.130. The van der Waals surface area contributed by atoms with Crippen molar-refractivity contribution in [1.29, 1.82) is 0 Å². The van der Waals surface area contributed by atoms with Gasteiger partial charge in [-0.25, -0.2) is 4.98 Å². The number of hydrogen-bond acceptors (Lipinski definition) is 5. The van der Waals surface area contributed by atoms with E-state index < -0.39 is 0 Å². The van der Waals surface area contributed by atoms with Crippen molar-refractivity contribution in [2.75, 3.05) is 31.1 Å². The number of benzene rings is 1. The number of fused-ring (bicyclic) bond motifs is 1. The molecule has 30 heavy (non-hydrogen) atoms. The van der Waals surface area contributed by atoms with Crippen molar-refractivity contribution in [3.63, 3.8) is 0 Å². The number of nitrogens with one attached hydrogen (secondary N) is 1. The third-order valence-corrected chi connectivity index (χ3v) is 6.01. The van der Waals surface area contributed by atoms with Crippen LogP contribution in [-0.2, 0) is 11.2 Å². The van der Waals surface area contributed by atoms with E-state index in [0.717, 1.165) is 51.0 Å². The van der Waals surface area contributed by atoms with Gasteiger partial charge in [0.05, 0.1) is 11.9 Å². The number of anilines is 1. The number of nitrogens with zero attached hydrogens (tertiary/aromatic N) is 4. The number of aromatic nitrogens is 2. The molecule has 1 saturated heterocycles. The fourth-order valence-corrected chi connectivity index (χ4v) is 4.29. The third-order valence-electron chi connectivity index (χ3n) is 6.01. The average molecular weight is 408 g/mol. The zero-order valence-corrected chi connectivity index (χ0v) is 17.5. The number of rotatable bonds is 5. The molecule has 3 heterocycles. The van der Waals surface area contributed by atoms with Gasteiger partial charge in [0.2, 0.25) is 5.91 Å². The fraction of sp³-hybridized carbons (Fsp3) is 0.478. The van der Waals surface area contributed by atoms with Gasteiger partial charge in [0.1, 0.15) is 5.69 Å². The van der Waals surface area contributed by atoms with E-state index in [4.69, 9.17) is 0 Å². The van der Waals surface area contributed by atoms with E-state index in [1.165, 1.54) is 17.4 Å². The lowest BCUT2D eigenvalue weighted by Crippen LogP contribution is -2.38. The summed E-state index contributed by atoms with van der Waals surface area (Å²) >= 11 is 0. The molecule has 2 aliphatic rings. The molecule has 7 heteroatoms. The number of likely N-dealkylation sites (tertiary alicyclic amines) is 1. The molecule has 1 fully saturated rings. The van der Waals surface area contributed by atoms with Crippen LogP contribution >= 0.6 is 0 Å². The number of aryl methyl sites for hydroxylation is 1. The van der Waals surface area contributed by atoms with E-state index in [2.05, 4.69) is 44.5 Å². The Labute approximate surface area is 177 Å². The van der Waals surface area contributed by atoms with Gasteiger partial charge < -0.3 is 15.1 Å². The summed E-state index contributed by atoms with van der Waals surface area (Å²) in [5.41, 5.74) is 3.76. The predicted octanol–water partition coefficient (Wildman–Crippen LogP) is 2.35. The second-order valence-electron chi connectivity index (χ2n) is 8.14. The topological polar surface area (TPSA) is 78.4 Å². The molecule has 1 aromatic heterocycles. The summed E-state index contributed by atoms with van der Waals surface area (Å²) < 4.78 is 0. The maximum absolute atomic E-state index is 12.8. The average Bonchev–Trinajstić information content (AvgIpc) is 3.03. The highest BCUT2D eigenvalue weighted by molar-refractivity contribution is 5.92. The van der Waals surface area contributed by atoms with Gasteiger partial charge in [-0.3, -0.25) is 14.6 Å². The molecule has 2 amide bonds. The van der Waals surface area contributed by atoms with E-state index in [1.807, 2.05) is 11.8 Å². The van der Waals surface area contributed by atoms with Gasteiger partial charge in [0.25, 0.3) is 5.91 Å². The number of carbonyl (C=O) groups is 2. The summed E-state index contributed by atoms with van der Waals surface area (Å²) in [5.74, 6) is 0.00994. The Morgan fingerprint density at radius 3 is 2.80 bits per heavy atom. The van der Waals surface area contributed by atoms with Crippen LogP contribution in [0.3, 0.4) is 0 Å². The van der Waals surface area contributed by atoms with Crippen molar-refractivity contribution in [2.24, 2.45) is 0 Å². The van der Waals surface area contributed by atoms with Crippen LogP contribution in [0.5, 0.6) is 0 Å². The minimum atomic E-state index is -0.194. The first-order chi connectivity index (χ1) is 14.6. The minimum Gasteiger partial charge on any atom is -0.370 e. The maximum Gasteiger partial charge on any atom is 0.271 e. The Morgan fingerprint density at radius 1 is 1.10 bits per heavy atom. The molecule has 0 bridgehead atoms. The van der Waals surface area contributed by atoms with Crippen LogP contribution in [0.15, 0.2) is 36.7 Å². The highest BCUT2D eigenvalue weighted by Crippen LogP contribution is 2.27. The van der Waals surface area contributed by atoms with Crippen LogP contribution in [0.1, 0.15) is 47.4 Å². The Kier molecular flexibility index (Phi) is 6.26. The van der Waals surface area contributed by atoms with Crippen molar-refractivity contribution in [3.8, 4) is 0 Å².